The van der Waals surface area contributed by atoms with Gasteiger partial charge < -0.3 is 15.3 Å². The van der Waals surface area contributed by atoms with E-state index in [1.807, 2.05) is 0 Å². The van der Waals surface area contributed by atoms with Crippen molar-refractivity contribution in [2.24, 2.45) is 5.92 Å². The minimum Gasteiger partial charge on any atom is -0.392 e. The van der Waals surface area contributed by atoms with Gasteiger partial charge in [0.2, 0.25) is 0 Å². The van der Waals surface area contributed by atoms with Crippen LogP contribution < -0.4 is 5.32 Å². The van der Waals surface area contributed by atoms with Crippen molar-refractivity contribution in [2.75, 3.05) is 39.8 Å². The van der Waals surface area contributed by atoms with Gasteiger partial charge in [0.25, 0.3) is 0 Å². The van der Waals surface area contributed by atoms with E-state index >= 15 is 0 Å². The molecule has 0 amide bonds. The predicted molar refractivity (Wildman–Crippen MR) is 113 cm³/mol. The van der Waals surface area contributed by atoms with Gasteiger partial charge >= 0.3 is 0 Å². The number of aliphatic hydroxyl groups excluding tert-OH is 1. The first-order valence-electron chi connectivity index (χ1n) is 9.57. The van der Waals surface area contributed by atoms with Gasteiger partial charge in [-0.15, -0.1) is 24.8 Å². The third-order valence-corrected chi connectivity index (χ3v) is 5.83. The quantitative estimate of drug-likeness (QED) is 0.765. The Morgan fingerprint density at radius 1 is 1.08 bits per heavy atom. The Bertz CT molecular complexity index is 477. The number of likely N-dealkylation sites (tertiary alicyclic amines) is 1. The molecule has 2 N–H and O–H groups in total. The number of hydrogen-bond acceptors (Lipinski definition) is 4. The fourth-order valence-corrected chi connectivity index (χ4v) is 4.19. The van der Waals surface area contributed by atoms with E-state index in [1.54, 1.807) is 0 Å². The van der Waals surface area contributed by atoms with Crippen LogP contribution in [0.2, 0.25) is 0 Å². The van der Waals surface area contributed by atoms with Gasteiger partial charge in [0.1, 0.15) is 0 Å². The number of benzene rings is 1. The molecule has 6 heteroatoms. The van der Waals surface area contributed by atoms with Crippen molar-refractivity contribution in [3.63, 3.8) is 0 Å². The highest BCUT2D eigenvalue weighted by Crippen LogP contribution is 2.21. The van der Waals surface area contributed by atoms with Gasteiger partial charge in [-0.3, -0.25) is 4.90 Å². The van der Waals surface area contributed by atoms with Gasteiger partial charge in [0.15, 0.2) is 0 Å². The van der Waals surface area contributed by atoms with E-state index in [4.69, 9.17) is 0 Å². The Labute approximate surface area is 171 Å². The van der Waals surface area contributed by atoms with E-state index in [1.165, 1.54) is 18.4 Å². The Hall–Kier alpha value is -0.360. The Morgan fingerprint density at radius 2 is 1.69 bits per heavy atom. The highest BCUT2D eigenvalue weighted by molar-refractivity contribution is 5.85. The topological polar surface area (TPSA) is 38.7 Å². The summed E-state index contributed by atoms with van der Waals surface area (Å²) in [7, 11) is 2.25. The number of β-amino-alcohol motifs (C(OH)–C–C–N with tert-alkyl or cyclic N) is 1. The average molecular weight is 404 g/mol. The van der Waals surface area contributed by atoms with E-state index in [0.717, 1.165) is 52.1 Å². The molecule has 150 valence electrons. The maximum atomic E-state index is 10.5. The summed E-state index contributed by atoms with van der Waals surface area (Å²) in [6.07, 6.45) is 4.52. The number of hydrogen-bond donors (Lipinski definition) is 2. The molecule has 0 aromatic heterocycles. The number of halogens is 2. The van der Waals surface area contributed by atoms with Gasteiger partial charge in [-0.2, -0.15) is 0 Å². The zero-order chi connectivity index (χ0) is 16.8. The fraction of sp³-hybridized carbons (Fsp3) is 0.700. The number of rotatable bonds is 6. The van der Waals surface area contributed by atoms with E-state index in [2.05, 4.69) is 52.5 Å². The van der Waals surface area contributed by atoms with E-state index in [9.17, 15) is 5.11 Å². The van der Waals surface area contributed by atoms with Crippen molar-refractivity contribution in [2.45, 2.75) is 44.4 Å². The summed E-state index contributed by atoms with van der Waals surface area (Å²) < 4.78 is 0. The van der Waals surface area contributed by atoms with Gasteiger partial charge in [-0.25, -0.2) is 0 Å². The largest absolute Gasteiger partial charge is 0.392 e. The van der Waals surface area contributed by atoms with E-state index in [0.29, 0.717) is 12.0 Å². The van der Waals surface area contributed by atoms with Crippen molar-refractivity contribution in [1.29, 1.82) is 0 Å². The molecule has 1 atom stereocenters. The molecule has 2 fully saturated rings. The summed E-state index contributed by atoms with van der Waals surface area (Å²) in [6.45, 7) is 6.25. The van der Waals surface area contributed by atoms with Crippen LogP contribution in [-0.4, -0.2) is 66.8 Å². The monoisotopic (exact) mass is 403 g/mol. The van der Waals surface area contributed by atoms with Crippen LogP contribution in [0.15, 0.2) is 30.3 Å². The molecule has 2 saturated heterocycles. The highest BCUT2D eigenvalue weighted by Gasteiger charge is 2.27. The number of aliphatic hydroxyl groups is 1. The van der Waals surface area contributed by atoms with Crippen molar-refractivity contribution >= 4 is 24.8 Å². The molecule has 3 rings (SSSR count). The molecule has 0 radical (unpaired) electrons. The molecular formula is C20H35Cl2N3O. The molecule has 2 aliphatic rings. The van der Waals surface area contributed by atoms with Crippen LogP contribution in [0.3, 0.4) is 0 Å². The number of piperidine rings is 2. The Balaban J connectivity index is 0.00000169. The molecule has 2 heterocycles. The highest BCUT2D eigenvalue weighted by atomic mass is 35.5. The van der Waals surface area contributed by atoms with Gasteiger partial charge in [-0.1, -0.05) is 30.3 Å². The van der Waals surface area contributed by atoms with Crippen LogP contribution in [0.25, 0.3) is 0 Å². The SMILES string of the molecule is CN(Cc1ccccc1)C1CCN(CC(O)C2CCNCC2)CC1.Cl.Cl. The smallest absolute Gasteiger partial charge is 0.0696 e. The van der Waals surface area contributed by atoms with Crippen LogP contribution >= 0.6 is 24.8 Å². The van der Waals surface area contributed by atoms with Crippen LogP contribution in [0.5, 0.6) is 0 Å². The summed E-state index contributed by atoms with van der Waals surface area (Å²) in [6, 6.07) is 11.4. The zero-order valence-corrected chi connectivity index (χ0v) is 17.5. The second kappa shape index (κ2) is 12.2. The third kappa shape index (κ3) is 6.99. The average Bonchev–Trinajstić information content (AvgIpc) is 2.64. The molecule has 0 bridgehead atoms. The molecule has 4 nitrogen and oxygen atoms in total. The Morgan fingerprint density at radius 3 is 2.31 bits per heavy atom. The minimum atomic E-state index is -0.148. The molecule has 1 aromatic carbocycles. The molecule has 1 aromatic rings. The van der Waals surface area contributed by atoms with E-state index in [-0.39, 0.29) is 30.9 Å². The summed E-state index contributed by atoms with van der Waals surface area (Å²) >= 11 is 0. The zero-order valence-electron chi connectivity index (χ0n) is 15.8. The van der Waals surface area contributed by atoms with Crippen LogP contribution in [0, 0.1) is 5.92 Å². The summed E-state index contributed by atoms with van der Waals surface area (Å²) in [5.41, 5.74) is 1.39. The summed E-state index contributed by atoms with van der Waals surface area (Å²) in [4.78, 5) is 4.97. The van der Waals surface area contributed by atoms with Gasteiger partial charge in [0.05, 0.1) is 6.10 Å². The van der Waals surface area contributed by atoms with Crippen LogP contribution in [0.4, 0.5) is 0 Å². The summed E-state index contributed by atoms with van der Waals surface area (Å²) in [5.74, 6) is 0.490. The van der Waals surface area contributed by atoms with Crippen molar-refractivity contribution in [3.05, 3.63) is 35.9 Å². The van der Waals surface area contributed by atoms with Crippen LogP contribution in [0.1, 0.15) is 31.2 Å². The molecule has 26 heavy (non-hydrogen) atoms. The predicted octanol–water partition coefficient (Wildman–Crippen LogP) is 2.79. The number of nitrogens with zero attached hydrogens (tertiary/aromatic N) is 2. The molecular weight excluding hydrogens is 369 g/mol. The molecule has 0 aliphatic carbocycles. The molecule has 0 saturated carbocycles. The lowest BCUT2D eigenvalue weighted by Crippen LogP contribution is -2.47. The van der Waals surface area contributed by atoms with Crippen molar-refractivity contribution < 1.29 is 5.11 Å². The first-order chi connectivity index (χ1) is 11.7. The van der Waals surface area contributed by atoms with E-state index < -0.39 is 0 Å². The second-order valence-corrected chi connectivity index (χ2v) is 7.59. The first kappa shape index (κ1) is 23.7. The third-order valence-electron chi connectivity index (χ3n) is 5.83. The lowest BCUT2D eigenvalue weighted by molar-refractivity contribution is 0.0327. The van der Waals surface area contributed by atoms with Crippen LogP contribution in [-0.2, 0) is 6.54 Å². The molecule has 0 spiro atoms. The summed E-state index contributed by atoms with van der Waals surface area (Å²) in [5, 5.41) is 13.9. The lowest BCUT2D eigenvalue weighted by atomic mass is 9.91. The first-order valence-corrected chi connectivity index (χ1v) is 9.57. The lowest BCUT2D eigenvalue weighted by Gasteiger charge is -2.38. The molecule has 2 aliphatic heterocycles. The Kier molecular flexibility index (Phi) is 11.1. The second-order valence-electron chi connectivity index (χ2n) is 7.59. The minimum absolute atomic E-state index is 0. The molecule has 1 unspecified atom stereocenters. The number of nitrogens with one attached hydrogen (secondary N) is 1. The standard InChI is InChI=1S/C20H33N3O.2ClH/c1-22(15-17-5-3-2-4-6-17)19-9-13-23(14-10-19)16-20(24)18-7-11-21-12-8-18;;/h2-6,18-21,24H,7-16H2,1H3;2*1H. The van der Waals surface area contributed by atoms with Gasteiger partial charge in [0, 0.05) is 19.1 Å². The maximum absolute atomic E-state index is 10.5. The fourth-order valence-electron chi connectivity index (χ4n) is 4.19. The van der Waals surface area contributed by atoms with Gasteiger partial charge in [-0.05, 0) is 70.4 Å². The van der Waals surface area contributed by atoms with Crippen molar-refractivity contribution in [1.82, 2.24) is 15.1 Å². The maximum Gasteiger partial charge on any atom is 0.0696 e. The van der Waals surface area contributed by atoms with Crippen molar-refractivity contribution in [3.8, 4) is 0 Å². The normalized spacial score (nSPS) is 21.0.